The topological polar surface area (TPSA) is 43.2 Å². The molecule has 166 valence electrons. The van der Waals surface area contributed by atoms with Gasteiger partial charge in [-0.2, -0.15) is 13.2 Å². The molecule has 0 saturated carbocycles. The average molecular weight is 444 g/mol. The number of alkyl halides is 5. The van der Waals surface area contributed by atoms with Crippen LogP contribution in [-0.2, 0) is 24.0 Å². The second-order valence-electron chi connectivity index (χ2n) is 7.16. The third-order valence-electron chi connectivity index (χ3n) is 5.04. The third kappa shape index (κ3) is 4.52. The molecule has 0 radical (unpaired) electrons. The van der Waals surface area contributed by atoms with Crippen molar-refractivity contribution in [1.29, 1.82) is 0 Å². The molecule has 0 unspecified atom stereocenters. The molecule has 1 aliphatic heterocycles. The number of imidazole rings is 1. The standard InChI is InChI=1S/C20H18F6N4O/c21-14-9-12(10-29-5-7-31-8-6-29)1-2-13(14)17-18-15(3-4-27-17)30(11-16(22)23)19(28-18)20(24,25)26/h1-4,9,16H,5-8,10-11H2. The number of fused-ring (bicyclic) bond motifs is 1. The Morgan fingerprint density at radius 2 is 1.84 bits per heavy atom. The van der Waals surface area contributed by atoms with Crippen LogP contribution in [0, 0.1) is 5.82 Å². The molecule has 1 aliphatic rings. The van der Waals surface area contributed by atoms with Gasteiger partial charge in [0.1, 0.15) is 17.0 Å². The minimum atomic E-state index is -4.95. The van der Waals surface area contributed by atoms with Gasteiger partial charge in [0.05, 0.1) is 25.3 Å². The number of ether oxygens (including phenoxy) is 1. The molecule has 4 rings (SSSR count). The molecule has 11 heteroatoms. The zero-order valence-electron chi connectivity index (χ0n) is 16.2. The van der Waals surface area contributed by atoms with Gasteiger partial charge in [-0.15, -0.1) is 0 Å². The first-order valence-electron chi connectivity index (χ1n) is 9.53. The molecule has 1 saturated heterocycles. The van der Waals surface area contributed by atoms with Crippen LogP contribution in [0.15, 0.2) is 30.5 Å². The molecule has 0 atom stereocenters. The van der Waals surface area contributed by atoms with E-state index in [0.29, 0.717) is 43.0 Å². The van der Waals surface area contributed by atoms with E-state index in [0.717, 1.165) is 12.3 Å². The van der Waals surface area contributed by atoms with Crippen LogP contribution >= 0.6 is 0 Å². The van der Waals surface area contributed by atoms with Crippen molar-refractivity contribution < 1.29 is 31.1 Å². The van der Waals surface area contributed by atoms with E-state index in [2.05, 4.69) is 14.9 Å². The fourth-order valence-corrected chi connectivity index (χ4v) is 3.66. The molecule has 2 aromatic heterocycles. The highest BCUT2D eigenvalue weighted by atomic mass is 19.4. The average Bonchev–Trinajstić information content (AvgIpc) is 3.08. The summed E-state index contributed by atoms with van der Waals surface area (Å²) in [6.07, 6.45) is -6.82. The van der Waals surface area contributed by atoms with Crippen molar-refractivity contribution >= 4 is 11.0 Å². The summed E-state index contributed by atoms with van der Waals surface area (Å²) in [5.41, 5.74) is 0.0393. The van der Waals surface area contributed by atoms with E-state index < -0.39 is 30.8 Å². The number of aromatic nitrogens is 3. The van der Waals surface area contributed by atoms with Gasteiger partial charge >= 0.3 is 6.18 Å². The van der Waals surface area contributed by atoms with E-state index >= 15 is 0 Å². The van der Waals surface area contributed by atoms with Crippen LogP contribution in [0.2, 0.25) is 0 Å². The Balaban J connectivity index is 1.75. The summed E-state index contributed by atoms with van der Waals surface area (Å²) >= 11 is 0. The van der Waals surface area contributed by atoms with Gasteiger partial charge in [0.15, 0.2) is 0 Å². The van der Waals surface area contributed by atoms with Gasteiger partial charge in [-0.05, 0) is 23.8 Å². The molecule has 0 spiro atoms. The summed E-state index contributed by atoms with van der Waals surface area (Å²) in [5.74, 6) is -2.15. The van der Waals surface area contributed by atoms with Crippen LogP contribution in [0.25, 0.3) is 22.3 Å². The summed E-state index contributed by atoms with van der Waals surface area (Å²) in [4.78, 5) is 9.62. The van der Waals surface area contributed by atoms with Crippen LogP contribution in [-0.4, -0.2) is 52.2 Å². The van der Waals surface area contributed by atoms with Crippen LogP contribution < -0.4 is 0 Å². The van der Waals surface area contributed by atoms with E-state index in [1.165, 1.54) is 12.1 Å². The third-order valence-corrected chi connectivity index (χ3v) is 5.04. The van der Waals surface area contributed by atoms with Crippen molar-refractivity contribution in [1.82, 2.24) is 19.4 Å². The predicted molar refractivity (Wildman–Crippen MR) is 100 cm³/mol. The van der Waals surface area contributed by atoms with Crippen molar-refractivity contribution in [3.63, 3.8) is 0 Å². The SMILES string of the molecule is Fc1cc(CN2CCOCC2)ccc1-c1nccc2c1nc(C(F)(F)F)n2CC(F)F. The monoisotopic (exact) mass is 444 g/mol. The van der Waals surface area contributed by atoms with Crippen LogP contribution in [0.5, 0.6) is 0 Å². The molecule has 0 aliphatic carbocycles. The van der Waals surface area contributed by atoms with E-state index in [4.69, 9.17) is 4.74 Å². The van der Waals surface area contributed by atoms with Crippen molar-refractivity contribution in [2.75, 3.05) is 26.3 Å². The van der Waals surface area contributed by atoms with E-state index in [9.17, 15) is 26.3 Å². The fraction of sp³-hybridized carbons (Fsp3) is 0.400. The molecular formula is C20H18F6N4O. The lowest BCUT2D eigenvalue weighted by Crippen LogP contribution is -2.35. The Bertz CT molecular complexity index is 1080. The largest absolute Gasteiger partial charge is 0.449 e. The quantitative estimate of drug-likeness (QED) is 0.549. The summed E-state index contributed by atoms with van der Waals surface area (Å²) in [7, 11) is 0. The maximum Gasteiger partial charge on any atom is 0.449 e. The smallest absolute Gasteiger partial charge is 0.379 e. The zero-order valence-corrected chi connectivity index (χ0v) is 16.2. The lowest BCUT2D eigenvalue weighted by molar-refractivity contribution is -0.147. The molecule has 3 heterocycles. The second-order valence-corrected chi connectivity index (χ2v) is 7.16. The first kappa shape index (κ1) is 21.6. The fourth-order valence-electron chi connectivity index (χ4n) is 3.66. The molecule has 3 aromatic rings. The van der Waals surface area contributed by atoms with Crippen molar-refractivity contribution in [3.05, 3.63) is 47.7 Å². The van der Waals surface area contributed by atoms with Crippen LogP contribution in [0.1, 0.15) is 11.4 Å². The number of rotatable bonds is 5. The number of benzene rings is 1. The van der Waals surface area contributed by atoms with E-state index in [1.54, 1.807) is 6.07 Å². The van der Waals surface area contributed by atoms with Gasteiger partial charge in [-0.1, -0.05) is 6.07 Å². The van der Waals surface area contributed by atoms with Crippen molar-refractivity contribution in [3.8, 4) is 11.3 Å². The summed E-state index contributed by atoms with van der Waals surface area (Å²) < 4.78 is 86.6. The molecule has 0 bridgehead atoms. The Kier molecular flexibility index (Phi) is 5.89. The number of hydrogen-bond donors (Lipinski definition) is 0. The van der Waals surface area contributed by atoms with Gasteiger partial charge in [-0.25, -0.2) is 18.2 Å². The molecule has 0 amide bonds. The van der Waals surface area contributed by atoms with E-state index in [1.807, 2.05) is 0 Å². The maximum atomic E-state index is 14.9. The molecular weight excluding hydrogens is 426 g/mol. The lowest BCUT2D eigenvalue weighted by atomic mass is 10.1. The Morgan fingerprint density at radius 1 is 1.10 bits per heavy atom. The van der Waals surface area contributed by atoms with Gasteiger partial charge in [0.25, 0.3) is 6.43 Å². The molecule has 0 N–H and O–H groups in total. The zero-order chi connectivity index (χ0) is 22.2. The summed E-state index contributed by atoms with van der Waals surface area (Å²) in [5, 5.41) is 0. The highest BCUT2D eigenvalue weighted by Gasteiger charge is 2.38. The minimum absolute atomic E-state index is 0.0493. The van der Waals surface area contributed by atoms with Crippen LogP contribution in [0.4, 0.5) is 26.3 Å². The number of hydrogen-bond acceptors (Lipinski definition) is 4. The number of halogens is 6. The Labute approximate surface area is 173 Å². The Hall–Kier alpha value is -2.66. The summed E-state index contributed by atoms with van der Waals surface area (Å²) in [6.45, 7) is 1.93. The number of pyridine rings is 1. The minimum Gasteiger partial charge on any atom is -0.379 e. The maximum absolute atomic E-state index is 14.9. The van der Waals surface area contributed by atoms with E-state index in [-0.39, 0.29) is 22.3 Å². The lowest BCUT2D eigenvalue weighted by Gasteiger charge is -2.26. The first-order valence-corrected chi connectivity index (χ1v) is 9.53. The van der Waals surface area contributed by atoms with Gasteiger partial charge in [0.2, 0.25) is 5.82 Å². The molecule has 31 heavy (non-hydrogen) atoms. The van der Waals surface area contributed by atoms with Crippen LogP contribution in [0.3, 0.4) is 0 Å². The van der Waals surface area contributed by atoms with Gasteiger partial charge in [0, 0.05) is 31.4 Å². The van der Waals surface area contributed by atoms with Gasteiger partial charge < -0.3 is 9.30 Å². The second kappa shape index (κ2) is 8.46. The predicted octanol–water partition coefficient (Wildman–Crippen LogP) is 4.35. The first-order chi connectivity index (χ1) is 14.7. The normalized spacial score (nSPS) is 15.8. The highest BCUT2D eigenvalue weighted by molar-refractivity contribution is 5.90. The number of morpholine rings is 1. The highest BCUT2D eigenvalue weighted by Crippen LogP contribution is 2.35. The Morgan fingerprint density at radius 3 is 2.48 bits per heavy atom. The van der Waals surface area contributed by atoms with Crippen molar-refractivity contribution in [2.24, 2.45) is 0 Å². The number of nitrogens with zero attached hydrogens (tertiary/aromatic N) is 4. The molecule has 5 nitrogen and oxygen atoms in total. The van der Waals surface area contributed by atoms with Gasteiger partial charge in [-0.3, -0.25) is 9.88 Å². The molecule has 1 aromatic carbocycles. The molecule has 1 fully saturated rings. The van der Waals surface area contributed by atoms with Crippen molar-refractivity contribution in [2.45, 2.75) is 25.7 Å². The summed E-state index contributed by atoms with van der Waals surface area (Å²) in [6, 6.07) is 5.54.